The van der Waals surface area contributed by atoms with Gasteiger partial charge in [-0.1, -0.05) is 0 Å². The molecule has 1 heteroatoms. The van der Waals surface area contributed by atoms with E-state index in [2.05, 4.69) is 61.9 Å². The van der Waals surface area contributed by atoms with Gasteiger partial charge < -0.3 is 0 Å². The molecule has 1 unspecified atom stereocenters. The van der Waals surface area contributed by atoms with Gasteiger partial charge >= 0.3 is 84.4 Å². The van der Waals surface area contributed by atoms with E-state index in [4.69, 9.17) is 0 Å². The number of benzene rings is 1. The molecule has 0 radical (unpaired) electrons. The minimum absolute atomic E-state index is 0.343. The second-order valence-corrected chi connectivity index (χ2v) is 4.00. The molecule has 0 nitrogen and oxygen atoms in total. The van der Waals surface area contributed by atoms with E-state index in [1.807, 2.05) is 0 Å². The first-order chi connectivity index (χ1) is 5.67. The molecule has 0 aromatic heterocycles. The van der Waals surface area contributed by atoms with E-state index in [0.29, 0.717) is 4.09 Å². The van der Waals surface area contributed by atoms with E-state index >= 15 is 0 Å². The van der Waals surface area contributed by atoms with Crippen molar-refractivity contribution >= 4 is 17.7 Å². The van der Waals surface area contributed by atoms with Crippen LogP contribution in [0.1, 0.15) is 32.3 Å². The van der Waals surface area contributed by atoms with Gasteiger partial charge in [0, 0.05) is 0 Å². The zero-order valence-corrected chi connectivity index (χ0v) is 8.30. The monoisotopic (exact) mass is 154 g/mol. The van der Waals surface area contributed by atoms with Crippen LogP contribution in [0.2, 0.25) is 0 Å². The first kappa shape index (κ1) is 9.90. The quantitative estimate of drug-likeness (QED) is 0.587. The third-order valence-electron chi connectivity index (χ3n) is 2.43. The molecule has 0 N–H and O–H groups in total. The summed E-state index contributed by atoms with van der Waals surface area (Å²) in [6.07, 6.45) is 2.51. The van der Waals surface area contributed by atoms with Gasteiger partial charge in [0.05, 0.1) is 0 Å². The van der Waals surface area contributed by atoms with Gasteiger partial charge in [-0.15, -0.1) is 0 Å². The van der Waals surface area contributed by atoms with E-state index in [0.717, 1.165) is 0 Å². The Kier molecular flexibility index (Phi) is 3.44. The summed E-state index contributed by atoms with van der Waals surface area (Å²) in [6.45, 7) is 4.55. The van der Waals surface area contributed by atoms with Crippen LogP contribution in [0.4, 0.5) is 0 Å². The number of rotatable bonds is 3. The summed E-state index contributed by atoms with van der Waals surface area (Å²) in [7, 11) is 0. The fourth-order valence-electron chi connectivity index (χ4n) is 1.66. The van der Waals surface area contributed by atoms with E-state index in [9.17, 15) is 0 Å². The molecule has 1 aromatic carbocycles. The van der Waals surface area contributed by atoms with E-state index < -0.39 is 0 Å². The van der Waals surface area contributed by atoms with Crippen LogP contribution in [0.25, 0.3) is 0 Å². The Balaban J connectivity index is 2.82. The van der Waals surface area contributed by atoms with Gasteiger partial charge in [0.15, 0.2) is 0 Å². The Morgan fingerprint density at radius 1 is 1.25 bits per heavy atom. The SMILES string of the molecule is [Li][C](C)(CCC)c1ccccc1. The molecule has 0 aliphatic carbocycles. The molecule has 0 aliphatic heterocycles. The first-order valence-corrected chi connectivity index (χ1v) is 4.72. The molecule has 0 bridgehead atoms. The van der Waals surface area contributed by atoms with Crippen LogP contribution in [0.5, 0.6) is 0 Å². The van der Waals surface area contributed by atoms with Gasteiger partial charge in [-0.25, -0.2) is 0 Å². The predicted molar refractivity (Wildman–Crippen MR) is 54.5 cm³/mol. The van der Waals surface area contributed by atoms with Crippen LogP contribution in [0, 0.1) is 0 Å². The Morgan fingerprint density at radius 2 is 1.83 bits per heavy atom. The van der Waals surface area contributed by atoms with Gasteiger partial charge in [0.1, 0.15) is 0 Å². The van der Waals surface area contributed by atoms with Gasteiger partial charge in [0.2, 0.25) is 0 Å². The van der Waals surface area contributed by atoms with Crippen molar-refractivity contribution in [2.24, 2.45) is 0 Å². The molecule has 0 aliphatic rings. The van der Waals surface area contributed by atoms with Crippen LogP contribution in [0.3, 0.4) is 0 Å². The maximum absolute atomic E-state index is 2.31. The average molecular weight is 154 g/mol. The molecule has 60 valence electrons. The molecular formula is C11H15Li. The van der Waals surface area contributed by atoms with Crippen LogP contribution in [-0.4, -0.2) is 17.7 Å². The second kappa shape index (κ2) is 4.17. The normalized spacial score (nSPS) is 15.7. The second-order valence-electron chi connectivity index (χ2n) is 4.00. The summed E-state index contributed by atoms with van der Waals surface area (Å²) in [5.41, 5.74) is 1.45. The van der Waals surface area contributed by atoms with Gasteiger partial charge in [-0.05, 0) is 0 Å². The summed E-state index contributed by atoms with van der Waals surface area (Å²) < 4.78 is 0.343. The fraction of sp³-hybridized carbons (Fsp3) is 0.455. The van der Waals surface area contributed by atoms with E-state index in [-0.39, 0.29) is 0 Å². The predicted octanol–water partition coefficient (Wildman–Crippen LogP) is 2.87. The third-order valence-corrected chi connectivity index (χ3v) is 2.43. The minimum atomic E-state index is 0.343. The molecule has 0 spiro atoms. The summed E-state index contributed by atoms with van der Waals surface area (Å²) >= 11 is 2.31. The van der Waals surface area contributed by atoms with Crippen LogP contribution in [-0.2, 0) is 4.09 Å². The summed E-state index contributed by atoms with van der Waals surface area (Å²) in [5, 5.41) is 0. The number of hydrogen-bond donors (Lipinski definition) is 0. The zero-order chi connectivity index (χ0) is 9.03. The molecule has 0 fully saturated rings. The van der Waals surface area contributed by atoms with Gasteiger partial charge in [-0.3, -0.25) is 0 Å². The molecule has 1 aromatic rings. The van der Waals surface area contributed by atoms with Gasteiger partial charge in [-0.2, -0.15) is 0 Å². The molecule has 1 atom stereocenters. The molecule has 0 saturated heterocycles. The summed E-state index contributed by atoms with van der Waals surface area (Å²) in [6, 6.07) is 10.7. The van der Waals surface area contributed by atoms with Crippen molar-refractivity contribution in [1.29, 1.82) is 0 Å². The van der Waals surface area contributed by atoms with Crippen molar-refractivity contribution in [3.05, 3.63) is 35.9 Å². The Labute approximate surface area is 84.6 Å². The molecule has 0 amide bonds. The summed E-state index contributed by atoms with van der Waals surface area (Å²) in [5.74, 6) is 0. The van der Waals surface area contributed by atoms with E-state index in [1.165, 1.54) is 18.4 Å². The molecule has 0 heterocycles. The topological polar surface area (TPSA) is 0 Å². The van der Waals surface area contributed by atoms with Crippen molar-refractivity contribution in [2.45, 2.75) is 30.8 Å². The standard InChI is InChI=1S/C11H15.Li/c1-3-7-10(2)11-8-5-4-6-9-11;/h4-6,8-9H,3,7H2,1-2H3;. The van der Waals surface area contributed by atoms with Crippen LogP contribution >= 0.6 is 0 Å². The Hall–Kier alpha value is -0.183. The Bertz CT molecular complexity index is 226. The van der Waals surface area contributed by atoms with Gasteiger partial charge in [0.25, 0.3) is 0 Å². The molecule has 12 heavy (non-hydrogen) atoms. The van der Waals surface area contributed by atoms with Crippen LogP contribution in [0.15, 0.2) is 30.3 Å². The molecular weight excluding hydrogens is 139 g/mol. The number of hydrogen-bond acceptors (Lipinski definition) is 0. The average Bonchev–Trinajstić information content (AvgIpc) is 2.06. The van der Waals surface area contributed by atoms with Crippen LogP contribution < -0.4 is 0 Å². The first-order valence-electron chi connectivity index (χ1n) is 4.72. The molecule has 1 rings (SSSR count). The summed E-state index contributed by atoms with van der Waals surface area (Å²) in [4.78, 5) is 0. The third kappa shape index (κ3) is 2.40. The maximum atomic E-state index is 2.31. The van der Waals surface area contributed by atoms with Crippen molar-refractivity contribution < 1.29 is 0 Å². The van der Waals surface area contributed by atoms with Crippen molar-refractivity contribution in [2.75, 3.05) is 0 Å². The molecule has 0 saturated carbocycles. The fourth-order valence-corrected chi connectivity index (χ4v) is 1.66. The Morgan fingerprint density at radius 3 is 2.33 bits per heavy atom. The van der Waals surface area contributed by atoms with E-state index in [1.54, 1.807) is 0 Å². The van der Waals surface area contributed by atoms with Crippen molar-refractivity contribution in [3.8, 4) is 0 Å². The van der Waals surface area contributed by atoms with Crippen molar-refractivity contribution in [1.82, 2.24) is 0 Å². The van der Waals surface area contributed by atoms with Crippen molar-refractivity contribution in [3.63, 3.8) is 0 Å². The zero-order valence-electron chi connectivity index (χ0n) is 8.30.